The molecule has 1 rings (SSSR count). The second-order valence-electron chi connectivity index (χ2n) is 1.60. The molecule has 0 spiro atoms. The molecule has 0 N–H and O–H groups in total. The van der Waals surface area contributed by atoms with Crippen LogP contribution in [0.5, 0.6) is 0 Å². The van der Waals surface area contributed by atoms with Gasteiger partial charge in [0, 0.05) is 0 Å². The molecule has 1 nitrogen and oxygen atoms in total. The van der Waals surface area contributed by atoms with Gasteiger partial charge in [0.2, 0.25) is 0 Å². The molecule has 1 aliphatic heterocycles. The predicted octanol–water partition coefficient (Wildman–Crippen LogP) is 2.66. The SMILES string of the molecule is ClC1=CCC=CC(Cl)=N1. The molecule has 0 aromatic heterocycles. The van der Waals surface area contributed by atoms with E-state index in [1.54, 1.807) is 12.2 Å². The van der Waals surface area contributed by atoms with Crippen molar-refractivity contribution in [3.8, 4) is 0 Å². The number of hydrogen-bond acceptors (Lipinski definition) is 1. The lowest BCUT2D eigenvalue weighted by atomic mass is 10.4. The first-order valence-corrected chi connectivity index (χ1v) is 3.31. The summed E-state index contributed by atoms with van der Waals surface area (Å²) in [5.41, 5.74) is 0. The Morgan fingerprint density at radius 3 is 3.00 bits per heavy atom. The zero-order valence-electron chi connectivity index (χ0n) is 4.64. The monoisotopic (exact) mass is 161 g/mol. The molecule has 0 radical (unpaired) electrons. The summed E-state index contributed by atoms with van der Waals surface area (Å²) in [4.78, 5) is 3.80. The fourth-order valence-corrected chi connectivity index (χ4v) is 0.919. The van der Waals surface area contributed by atoms with Gasteiger partial charge >= 0.3 is 0 Å². The predicted molar refractivity (Wildman–Crippen MR) is 41.0 cm³/mol. The topological polar surface area (TPSA) is 12.4 Å². The summed E-state index contributed by atoms with van der Waals surface area (Å²) in [7, 11) is 0. The maximum Gasteiger partial charge on any atom is 0.130 e. The Bertz CT molecular complexity index is 191. The molecule has 1 heterocycles. The molecule has 0 fully saturated rings. The normalized spacial score (nSPS) is 18.4. The van der Waals surface area contributed by atoms with Crippen molar-refractivity contribution in [3.05, 3.63) is 23.4 Å². The van der Waals surface area contributed by atoms with Crippen LogP contribution in [0, 0.1) is 0 Å². The first-order chi connectivity index (χ1) is 4.29. The molecular weight excluding hydrogens is 157 g/mol. The Labute approximate surface area is 63.7 Å². The Morgan fingerprint density at radius 2 is 2.22 bits per heavy atom. The summed E-state index contributed by atoms with van der Waals surface area (Å²) in [6.45, 7) is 0. The van der Waals surface area contributed by atoms with Crippen LogP contribution in [0.3, 0.4) is 0 Å². The zero-order valence-corrected chi connectivity index (χ0v) is 6.15. The minimum absolute atomic E-state index is 0.439. The number of allylic oxidation sites excluding steroid dienone is 3. The van der Waals surface area contributed by atoms with Crippen LogP contribution in [-0.2, 0) is 0 Å². The minimum atomic E-state index is 0.439. The van der Waals surface area contributed by atoms with Gasteiger partial charge in [-0.2, -0.15) is 0 Å². The molecule has 0 aromatic carbocycles. The number of nitrogens with zero attached hydrogens (tertiary/aromatic N) is 1. The van der Waals surface area contributed by atoms with Gasteiger partial charge in [-0.1, -0.05) is 29.3 Å². The van der Waals surface area contributed by atoms with Crippen LogP contribution in [0.1, 0.15) is 6.42 Å². The smallest absolute Gasteiger partial charge is 0.130 e. The first kappa shape index (κ1) is 6.84. The van der Waals surface area contributed by atoms with E-state index in [2.05, 4.69) is 4.99 Å². The van der Waals surface area contributed by atoms with Crippen molar-refractivity contribution < 1.29 is 0 Å². The van der Waals surface area contributed by atoms with Gasteiger partial charge in [-0.05, 0) is 18.6 Å². The first-order valence-electron chi connectivity index (χ1n) is 2.55. The molecule has 0 saturated carbocycles. The van der Waals surface area contributed by atoms with Crippen LogP contribution < -0.4 is 0 Å². The van der Waals surface area contributed by atoms with Gasteiger partial charge in [0.25, 0.3) is 0 Å². The van der Waals surface area contributed by atoms with Crippen LogP contribution in [0.15, 0.2) is 28.4 Å². The van der Waals surface area contributed by atoms with Crippen molar-refractivity contribution in [1.29, 1.82) is 0 Å². The lowest BCUT2D eigenvalue weighted by Crippen LogP contribution is -1.75. The number of hydrogen-bond donors (Lipinski definition) is 0. The van der Waals surface area contributed by atoms with Gasteiger partial charge in [-0.15, -0.1) is 0 Å². The van der Waals surface area contributed by atoms with E-state index in [9.17, 15) is 0 Å². The molecule has 0 amide bonds. The molecule has 3 heteroatoms. The largest absolute Gasteiger partial charge is 0.225 e. The molecular formula is C6H5Cl2N. The van der Waals surface area contributed by atoms with E-state index in [4.69, 9.17) is 23.2 Å². The van der Waals surface area contributed by atoms with E-state index in [-0.39, 0.29) is 0 Å². The van der Waals surface area contributed by atoms with Crippen LogP contribution in [-0.4, -0.2) is 5.17 Å². The quantitative estimate of drug-likeness (QED) is 0.485. The van der Waals surface area contributed by atoms with E-state index in [0.717, 1.165) is 6.42 Å². The van der Waals surface area contributed by atoms with Gasteiger partial charge in [0.15, 0.2) is 0 Å². The molecule has 0 bridgehead atoms. The fraction of sp³-hybridized carbons (Fsp3) is 0.167. The standard InChI is InChI=1S/C6H5Cl2N/c7-5-3-1-2-4-6(8)9-5/h1,3-4H,2H2. The lowest BCUT2D eigenvalue weighted by Gasteiger charge is -1.83. The molecule has 0 aliphatic carbocycles. The Balaban J connectivity index is 2.82. The third-order valence-electron chi connectivity index (χ3n) is 0.891. The van der Waals surface area contributed by atoms with Crippen LogP contribution in [0.4, 0.5) is 0 Å². The molecule has 48 valence electrons. The van der Waals surface area contributed by atoms with E-state index in [1.807, 2.05) is 6.08 Å². The number of rotatable bonds is 0. The van der Waals surface area contributed by atoms with Crippen LogP contribution >= 0.6 is 23.2 Å². The Kier molecular flexibility index (Phi) is 2.31. The highest BCUT2D eigenvalue weighted by molar-refractivity contribution is 6.68. The maximum atomic E-state index is 5.57. The number of halogens is 2. The van der Waals surface area contributed by atoms with Crippen molar-refractivity contribution in [2.24, 2.45) is 4.99 Å². The summed E-state index contributed by atoms with van der Waals surface area (Å²) in [6, 6.07) is 0. The average Bonchev–Trinajstić information content (AvgIpc) is 1.93. The second-order valence-corrected chi connectivity index (χ2v) is 2.37. The lowest BCUT2D eigenvalue weighted by molar-refractivity contribution is 1.36. The van der Waals surface area contributed by atoms with E-state index in [0.29, 0.717) is 10.3 Å². The van der Waals surface area contributed by atoms with Gasteiger partial charge in [-0.25, -0.2) is 4.99 Å². The third-order valence-corrected chi connectivity index (χ3v) is 1.34. The van der Waals surface area contributed by atoms with Crippen molar-refractivity contribution in [2.45, 2.75) is 6.42 Å². The highest BCUT2D eigenvalue weighted by atomic mass is 35.5. The summed E-state index contributed by atoms with van der Waals surface area (Å²) in [5.74, 6) is 0. The highest BCUT2D eigenvalue weighted by Gasteiger charge is 1.93. The molecule has 0 atom stereocenters. The fourth-order valence-electron chi connectivity index (χ4n) is 0.516. The van der Waals surface area contributed by atoms with Crippen molar-refractivity contribution in [2.75, 3.05) is 0 Å². The Hall–Kier alpha value is -0.270. The molecule has 0 aromatic rings. The third kappa shape index (κ3) is 2.20. The van der Waals surface area contributed by atoms with Crippen molar-refractivity contribution in [3.63, 3.8) is 0 Å². The van der Waals surface area contributed by atoms with Gasteiger partial charge < -0.3 is 0 Å². The van der Waals surface area contributed by atoms with Gasteiger partial charge in [0.1, 0.15) is 10.3 Å². The summed E-state index contributed by atoms with van der Waals surface area (Å²) in [5, 5.41) is 0.902. The maximum absolute atomic E-state index is 5.57. The average molecular weight is 162 g/mol. The molecule has 0 saturated heterocycles. The summed E-state index contributed by atoms with van der Waals surface area (Å²) < 4.78 is 0. The van der Waals surface area contributed by atoms with Crippen LogP contribution in [0.25, 0.3) is 0 Å². The molecule has 9 heavy (non-hydrogen) atoms. The van der Waals surface area contributed by atoms with E-state index in [1.165, 1.54) is 0 Å². The highest BCUT2D eigenvalue weighted by Crippen LogP contribution is 2.10. The van der Waals surface area contributed by atoms with E-state index < -0.39 is 0 Å². The summed E-state index contributed by atoms with van der Waals surface area (Å²) in [6.07, 6.45) is 6.24. The molecule has 1 aliphatic rings. The second kappa shape index (κ2) is 3.04. The van der Waals surface area contributed by atoms with E-state index >= 15 is 0 Å². The van der Waals surface area contributed by atoms with Crippen molar-refractivity contribution >= 4 is 28.4 Å². The minimum Gasteiger partial charge on any atom is -0.225 e. The zero-order chi connectivity index (χ0) is 6.69. The number of aliphatic imine (C=N–C) groups is 1. The van der Waals surface area contributed by atoms with Crippen molar-refractivity contribution in [1.82, 2.24) is 0 Å². The molecule has 0 unspecified atom stereocenters. The van der Waals surface area contributed by atoms with Gasteiger partial charge in [-0.3, -0.25) is 0 Å². The Morgan fingerprint density at radius 1 is 1.44 bits per heavy atom. The van der Waals surface area contributed by atoms with Gasteiger partial charge in [0.05, 0.1) is 0 Å². The summed E-state index contributed by atoms with van der Waals surface area (Å²) >= 11 is 11.1. The van der Waals surface area contributed by atoms with Crippen LogP contribution in [0.2, 0.25) is 0 Å².